The number of halogens is 2. The number of anilines is 1. The van der Waals surface area contributed by atoms with Crippen LogP contribution in [-0.2, 0) is 14.4 Å². The van der Waals surface area contributed by atoms with Crippen LogP contribution in [0.5, 0.6) is 11.5 Å². The molecule has 6 nitrogen and oxygen atoms in total. The fourth-order valence-corrected chi connectivity index (χ4v) is 4.38. The lowest BCUT2D eigenvalue weighted by atomic mass is 9.93. The summed E-state index contributed by atoms with van der Waals surface area (Å²) in [7, 11) is 0. The maximum Gasteiger partial charge on any atom is 0.261 e. The summed E-state index contributed by atoms with van der Waals surface area (Å²) in [5.74, 6) is -1.06. The van der Waals surface area contributed by atoms with Crippen LogP contribution in [0.15, 0.2) is 23.5 Å². The molecule has 0 atom stereocenters. The van der Waals surface area contributed by atoms with Crippen molar-refractivity contribution < 1.29 is 28.2 Å². The molecular formula is C21H19ClFNO5. The van der Waals surface area contributed by atoms with E-state index in [0.717, 1.165) is 43.4 Å². The Balaban J connectivity index is 1.78. The number of benzene rings is 1. The van der Waals surface area contributed by atoms with Gasteiger partial charge in [-0.25, -0.2) is 14.1 Å². The van der Waals surface area contributed by atoms with E-state index >= 15 is 4.39 Å². The van der Waals surface area contributed by atoms with Crippen LogP contribution in [0.3, 0.4) is 0 Å². The Morgan fingerprint density at radius 1 is 1.10 bits per heavy atom. The first-order valence-corrected chi connectivity index (χ1v) is 10.1. The Hall–Kier alpha value is -2.63. The molecule has 1 aromatic carbocycles. The monoisotopic (exact) mass is 419 g/mol. The van der Waals surface area contributed by atoms with Crippen molar-refractivity contribution in [3.8, 4) is 11.5 Å². The summed E-state index contributed by atoms with van der Waals surface area (Å²) in [4.78, 5) is 37.1. The van der Waals surface area contributed by atoms with Gasteiger partial charge in [-0.2, -0.15) is 0 Å². The largest absolute Gasteiger partial charge is 0.489 e. The number of rotatable bonds is 5. The van der Waals surface area contributed by atoms with E-state index in [4.69, 9.17) is 21.1 Å². The summed E-state index contributed by atoms with van der Waals surface area (Å²) in [6.45, 7) is 0. The zero-order valence-corrected chi connectivity index (χ0v) is 16.4. The third-order valence-electron chi connectivity index (χ3n) is 5.56. The average Bonchev–Trinajstić information content (AvgIpc) is 3.32. The molecule has 29 heavy (non-hydrogen) atoms. The molecule has 2 amide bonds. The molecule has 2 aliphatic carbocycles. The second-order valence-corrected chi connectivity index (χ2v) is 7.72. The summed E-state index contributed by atoms with van der Waals surface area (Å²) < 4.78 is 26.2. The Bertz CT molecular complexity index is 932. The number of imide groups is 1. The fourth-order valence-electron chi connectivity index (χ4n) is 4.15. The third-order valence-corrected chi connectivity index (χ3v) is 5.92. The zero-order chi connectivity index (χ0) is 20.5. The van der Waals surface area contributed by atoms with Gasteiger partial charge in [-0.3, -0.25) is 9.59 Å². The van der Waals surface area contributed by atoms with Crippen LogP contribution in [-0.4, -0.2) is 23.9 Å². The highest BCUT2D eigenvalue weighted by atomic mass is 35.5. The summed E-state index contributed by atoms with van der Waals surface area (Å²) in [5, 5.41) is -0.165. The van der Waals surface area contributed by atoms with Gasteiger partial charge in [0.1, 0.15) is 10.8 Å². The van der Waals surface area contributed by atoms with Crippen LogP contribution in [0.4, 0.5) is 10.1 Å². The lowest BCUT2D eigenvalue weighted by molar-refractivity contribution is -0.120. The lowest BCUT2D eigenvalue weighted by Gasteiger charge is -2.21. The molecule has 0 unspecified atom stereocenters. The van der Waals surface area contributed by atoms with Gasteiger partial charge >= 0.3 is 0 Å². The number of carbonyl (C=O) groups is 2. The van der Waals surface area contributed by atoms with Crippen molar-refractivity contribution in [3.63, 3.8) is 0 Å². The quantitative estimate of drug-likeness (QED) is 0.405. The van der Waals surface area contributed by atoms with E-state index in [0.29, 0.717) is 30.2 Å². The topological polar surface area (TPSA) is 72.9 Å². The van der Waals surface area contributed by atoms with Crippen molar-refractivity contribution in [1.82, 2.24) is 0 Å². The van der Waals surface area contributed by atoms with E-state index in [-0.39, 0.29) is 22.6 Å². The Morgan fingerprint density at radius 2 is 1.72 bits per heavy atom. The second-order valence-electron chi connectivity index (χ2n) is 7.34. The average molecular weight is 420 g/mol. The second kappa shape index (κ2) is 8.01. The molecule has 0 radical (unpaired) electrons. The lowest BCUT2D eigenvalue weighted by Crippen LogP contribution is -2.32. The van der Waals surface area contributed by atoms with E-state index in [2.05, 4.69) is 0 Å². The normalized spacial score (nSPS) is 19.4. The number of amides is 2. The molecule has 1 aliphatic heterocycles. The van der Waals surface area contributed by atoms with E-state index in [1.165, 1.54) is 12.0 Å². The van der Waals surface area contributed by atoms with Gasteiger partial charge in [-0.1, -0.05) is 11.6 Å². The smallest absolute Gasteiger partial charge is 0.261 e. The molecule has 1 aromatic rings. The van der Waals surface area contributed by atoms with Crippen LogP contribution in [0.1, 0.15) is 51.4 Å². The highest BCUT2D eigenvalue weighted by Crippen LogP contribution is 2.45. The van der Waals surface area contributed by atoms with Crippen molar-refractivity contribution in [2.75, 3.05) is 4.90 Å². The molecule has 0 spiro atoms. The van der Waals surface area contributed by atoms with Gasteiger partial charge in [-0.15, -0.1) is 0 Å². The van der Waals surface area contributed by atoms with Crippen molar-refractivity contribution in [2.45, 2.75) is 57.5 Å². The van der Waals surface area contributed by atoms with Gasteiger partial charge < -0.3 is 9.47 Å². The van der Waals surface area contributed by atoms with Gasteiger partial charge in [0.15, 0.2) is 23.8 Å². The predicted molar refractivity (Wildman–Crippen MR) is 103 cm³/mol. The summed E-state index contributed by atoms with van der Waals surface area (Å²) >= 11 is 6.26. The fraction of sp³-hybridized carbons (Fsp3) is 0.429. The standard InChI is InChI=1S/C21H19ClFNO5/c22-17-16(29-12-5-1-2-6-12)11-15(18(23)19(17)28-10-9-25)24-20(26)13-7-3-4-8-14(13)21(24)27/h10-12H,1-8H2. The van der Waals surface area contributed by atoms with Crippen molar-refractivity contribution in [3.05, 3.63) is 34.3 Å². The van der Waals surface area contributed by atoms with Gasteiger partial charge in [0.05, 0.1) is 11.8 Å². The first-order chi connectivity index (χ1) is 14.0. The maximum absolute atomic E-state index is 15.2. The summed E-state index contributed by atoms with van der Waals surface area (Å²) in [6.07, 6.45) is 6.78. The first-order valence-electron chi connectivity index (χ1n) is 9.68. The van der Waals surface area contributed by atoms with Crippen LogP contribution < -0.4 is 14.4 Å². The molecular weight excluding hydrogens is 401 g/mol. The molecule has 8 heteroatoms. The van der Waals surface area contributed by atoms with Gasteiger partial charge in [0, 0.05) is 17.2 Å². The molecule has 0 bridgehead atoms. The number of nitrogens with zero attached hydrogens (tertiary/aromatic N) is 1. The molecule has 0 N–H and O–H groups in total. The number of carbonyl (C=O) groups excluding carboxylic acids is 3. The minimum atomic E-state index is -1.01. The highest BCUT2D eigenvalue weighted by molar-refractivity contribution is 6.35. The summed E-state index contributed by atoms with van der Waals surface area (Å²) in [6, 6.07) is 1.27. The minimum Gasteiger partial charge on any atom is -0.489 e. The van der Waals surface area contributed by atoms with E-state index < -0.39 is 23.4 Å². The Kier molecular flexibility index (Phi) is 5.43. The molecule has 4 rings (SSSR count). The minimum absolute atomic E-state index is 0.100. The van der Waals surface area contributed by atoms with Crippen LogP contribution in [0.25, 0.3) is 0 Å². The molecule has 0 aromatic heterocycles. The maximum atomic E-state index is 15.2. The van der Waals surface area contributed by atoms with Crippen molar-refractivity contribution >= 4 is 35.0 Å². The number of hydrogen-bond acceptors (Lipinski definition) is 5. The SMILES string of the molecule is O=C=COc1c(F)c(N2C(=O)C3=C(CCCC3)C2=O)cc(OC2CCCC2)c1Cl. The van der Waals surface area contributed by atoms with Crippen LogP contribution >= 0.6 is 11.6 Å². The molecule has 0 saturated heterocycles. The molecule has 1 heterocycles. The van der Waals surface area contributed by atoms with Crippen LogP contribution in [0.2, 0.25) is 5.02 Å². The zero-order valence-electron chi connectivity index (χ0n) is 15.6. The highest BCUT2D eigenvalue weighted by Gasteiger charge is 2.42. The molecule has 152 valence electrons. The number of ether oxygens (including phenoxy) is 2. The van der Waals surface area contributed by atoms with E-state index in [1.807, 2.05) is 0 Å². The van der Waals surface area contributed by atoms with Crippen molar-refractivity contribution in [2.24, 2.45) is 0 Å². The Labute approximate surface area is 171 Å². The van der Waals surface area contributed by atoms with Gasteiger partial charge in [-0.05, 0) is 51.4 Å². The van der Waals surface area contributed by atoms with Gasteiger partial charge in [0.2, 0.25) is 0 Å². The summed E-state index contributed by atoms with van der Waals surface area (Å²) in [5.41, 5.74) is 0.578. The van der Waals surface area contributed by atoms with Crippen molar-refractivity contribution in [1.29, 1.82) is 0 Å². The predicted octanol–water partition coefficient (Wildman–Crippen LogP) is 4.27. The molecule has 1 saturated carbocycles. The molecule has 3 aliphatic rings. The van der Waals surface area contributed by atoms with E-state index in [9.17, 15) is 14.4 Å². The Morgan fingerprint density at radius 3 is 2.31 bits per heavy atom. The number of hydrogen-bond donors (Lipinski definition) is 0. The van der Waals surface area contributed by atoms with E-state index in [1.54, 1.807) is 0 Å². The first kappa shape index (κ1) is 19.7. The van der Waals surface area contributed by atoms with Gasteiger partial charge in [0.25, 0.3) is 11.8 Å². The third kappa shape index (κ3) is 3.45. The van der Waals surface area contributed by atoms with Crippen LogP contribution in [0, 0.1) is 5.82 Å². The molecule has 1 fully saturated rings.